The van der Waals surface area contributed by atoms with Crippen LogP contribution < -0.4 is 9.47 Å². The fourth-order valence-corrected chi connectivity index (χ4v) is 1.36. The molecule has 0 amide bonds. The Morgan fingerprint density at radius 3 is 2.59 bits per heavy atom. The molecule has 0 aliphatic carbocycles. The number of ether oxygens (including phenoxy) is 3. The molecule has 0 atom stereocenters. The lowest BCUT2D eigenvalue weighted by Crippen LogP contribution is -2.07. The molecular weight excluding hydrogens is 220 g/mol. The topological polar surface area (TPSA) is 44.8 Å². The van der Waals surface area contributed by atoms with Gasteiger partial charge in [0.1, 0.15) is 6.61 Å². The van der Waals surface area contributed by atoms with Crippen LogP contribution in [0.15, 0.2) is 18.2 Å². The van der Waals surface area contributed by atoms with Crippen molar-refractivity contribution in [3.05, 3.63) is 23.8 Å². The fraction of sp³-hybridized carbons (Fsp3) is 0.462. The maximum absolute atomic E-state index is 11.2. The number of carbonyl (C=O) groups is 1. The molecular formula is C13H18O4. The Hall–Kier alpha value is -1.55. The van der Waals surface area contributed by atoms with Gasteiger partial charge in [0.05, 0.1) is 13.7 Å². The van der Waals surface area contributed by atoms with Crippen molar-refractivity contribution < 1.29 is 19.0 Å². The zero-order chi connectivity index (χ0) is 12.7. The number of methoxy groups -OCH3 is 1. The summed E-state index contributed by atoms with van der Waals surface area (Å²) in [7, 11) is 1.55. The maximum Gasteiger partial charge on any atom is 0.161 e. The normalized spacial score (nSPS) is 10.1. The minimum absolute atomic E-state index is 0.00386. The van der Waals surface area contributed by atoms with Gasteiger partial charge in [0.15, 0.2) is 17.3 Å². The minimum Gasteiger partial charge on any atom is -0.493 e. The standard InChI is InChI=1S/C13H18O4/c1-4-16-7-8-17-12-6-5-11(10(2)14)9-13(12)15-3/h5-6,9H,4,7-8H2,1-3H3. The van der Waals surface area contributed by atoms with Gasteiger partial charge in [-0.05, 0) is 32.0 Å². The summed E-state index contributed by atoms with van der Waals surface area (Å²) in [5.74, 6) is 1.19. The van der Waals surface area contributed by atoms with Crippen molar-refractivity contribution in [1.29, 1.82) is 0 Å². The average molecular weight is 238 g/mol. The number of carbonyl (C=O) groups excluding carboxylic acids is 1. The third-order valence-electron chi connectivity index (χ3n) is 2.26. The minimum atomic E-state index is 0.00386. The lowest BCUT2D eigenvalue weighted by atomic mass is 10.1. The van der Waals surface area contributed by atoms with E-state index in [0.29, 0.717) is 36.9 Å². The van der Waals surface area contributed by atoms with Crippen molar-refractivity contribution in [2.45, 2.75) is 13.8 Å². The highest BCUT2D eigenvalue weighted by Crippen LogP contribution is 2.28. The van der Waals surface area contributed by atoms with Crippen LogP contribution in [0.3, 0.4) is 0 Å². The van der Waals surface area contributed by atoms with E-state index in [1.807, 2.05) is 6.92 Å². The number of Topliss-reactive ketones (excluding diaryl/α,β-unsaturated/α-hetero) is 1. The maximum atomic E-state index is 11.2. The molecule has 1 aromatic carbocycles. The zero-order valence-corrected chi connectivity index (χ0v) is 10.5. The van der Waals surface area contributed by atoms with Crippen LogP contribution in [-0.2, 0) is 4.74 Å². The molecule has 0 spiro atoms. The van der Waals surface area contributed by atoms with Crippen LogP contribution in [0, 0.1) is 0 Å². The Kier molecular flexibility index (Phi) is 5.49. The molecule has 0 N–H and O–H groups in total. The van der Waals surface area contributed by atoms with E-state index in [2.05, 4.69) is 0 Å². The van der Waals surface area contributed by atoms with E-state index in [9.17, 15) is 4.79 Å². The van der Waals surface area contributed by atoms with Gasteiger partial charge in [0, 0.05) is 12.2 Å². The Morgan fingerprint density at radius 1 is 1.24 bits per heavy atom. The first-order valence-electron chi connectivity index (χ1n) is 5.58. The first kappa shape index (κ1) is 13.5. The van der Waals surface area contributed by atoms with Gasteiger partial charge in [-0.1, -0.05) is 0 Å². The molecule has 4 heteroatoms. The first-order valence-corrected chi connectivity index (χ1v) is 5.58. The lowest BCUT2D eigenvalue weighted by molar-refractivity contribution is 0.101. The van der Waals surface area contributed by atoms with Crippen LogP contribution >= 0.6 is 0 Å². The molecule has 0 fully saturated rings. The van der Waals surface area contributed by atoms with Crippen molar-refractivity contribution in [3.8, 4) is 11.5 Å². The molecule has 0 aliphatic heterocycles. The van der Waals surface area contributed by atoms with Gasteiger partial charge in [-0.15, -0.1) is 0 Å². The average Bonchev–Trinajstić information content (AvgIpc) is 2.34. The van der Waals surface area contributed by atoms with Gasteiger partial charge in [0.2, 0.25) is 0 Å². The molecule has 17 heavy (non-hydrogen) atoms. The quantitative estimate of drug-likeness (QED) is 0.540. The number of rotatable bonds is 7. The second kappa shape index (κ2) is 6.91. The lowest BCUT2D eigenvalue weighted by Gasteiger charge is -2.11. The van der Waals surface area contributed by atoms with Crippen molar-refractivity contribution >= 4 is 5.78 Å². The van der Waals surface area contributed by atoms with Crippen LogP contribution in [0.2, 0.25) is 0 Å². The SMILES string of the molecule is CCOCCOc1ccc(C(C)=O)cc1OC. The molecule has 0 unspecified atom stereocenters. The fourth-order valence-electron chi connectivity index (χ4n) is 1.36. The summed E-state index contributed by atoms with van der Waals surface area (Å²) < 4.78 is 15.8. The van der Waals surface area contributed by atoms with Gasteiger partial charge >= 0.3 is 0 Å². The summed E-state index contributed by atoms with van der Waals surface area (Å²) in [6.07, 6.45) is 0. The molecule has 0 heterocycles. The van der Waals surface area contributed by atoms with Gasteiger partial charge in [-0.25, -0.2) is 0 Å². The zero-order valence-electron chi connectivity index (χ0n) is 10.5. The predicted octanol–water partition coefficient (Wildman–Crippen LogP) is 2.31. The largest absolute Gasteiger partial charge is 0.493 e. The van der Waals surface area contributed by atoms with Crippen LogP contribution in [0.25, 0.3) is 0 Å². The number of benzene rings is 1. The highest BCUT2D eigenvalue weighted by Gasteiger charge is 2.07. The molecule has 1 rings (SSSR count). The second-order valence-electron chi connectivity index (χ2n) is 3.47. The molecule has 0 aromatic heterocycles. The van der Waals surface area contributed by atoms with E-state index in [1.54, 1.807) is 25.3 Å². The summed E-state index contributed by atoms with van der Waals surface area (Å²) in [6.45, 7) is 5.12. The van der Waals surface area contributed by atoms with Gasteiger partial charge in [-0.3, -0.25) is 4.79 Å². The Labute approximate surface area is 101 Å². The number of ketones is 1. The summed E-state index contributed by atoms with van der Waals surface area (Å²) in [5, 5.41) is 0. The third-order valence-corrected chi connectivity index (χ3v) is 2.26. The molecule has 0 aliphatic rings. The van der Waals surface area contributed by atoms with Gasteiger partial charge in [0.25, 0.3) is 0 Å². The van der Waals surface area contributed by atoms with Crippen LogP contribution in [0.5, 0.6) is 11.5 Å². The van der Waals surface area contributed by atoms with E-state index in [0.717, 1.165) is 0 Å². The summed E-state index contributed by atoms with van der Waals surface area (Å²) in [4.78, 5) is 11.2. The second-order valence-corrected chi connectivity index (χ2v) is 3.47. The van der Waals surface area contributed by atoms with Crippen molar-refractivity contribution in [3.63, 3.8) is 0 Å². The molecule has 0 saturated carbocycles. The van der Waals surface area contributed by atoms with E-state index in [4.69, 9.17) is 14.2 Å². The smallest absolute Gasteiger partial charge is 0.161 e. The molecule has 4 nitrogen and oxygen atoms in total. The first-order chi connectivity index (χ1) is 8.19. The molecule has 1 aromatic rings. The summed E-state index contributed by atoms with van der Waals surface area (Å²) in [6, 6.07) is 5.14. The van der Waals surface area contributed by atoms with Gasteiger partial charge < -0.3 is 14.2 Å². The Bertz CT molecular complexity index is 374. The Balaban J connectivity index is 2.68. The third kappa shape index (κ3) is 4.07. The van der Waals surface area contributed by atoms with E-state index in [1.165, 1.54) is 6.92 Å². The van der Waals surface area contributed by atoms with Crippen LogP contribution in [-0.4, -0.2) is 32.7 Å². The number of hydrogen-bond acceptors (Lipinski definition) is 4. The molecule has 0 saturated heterocycles. The summed E-state index contributed by atoms with van der Waals surface area (Å²) >= 11 is 0. The Morgan fingerprint density at radius 2 is 2.00 bits per heavy atom. The monoisotopic (exact) mass is 238 g/mol. The van der Waals surface area contributed by atoms with Crippen molar-refractivity contribution in [1.82, 2.24) is 0 Å². The molecule has 94 valence electrons. The van der Waals surface area contributed by atoms with E-state index >= 15 is 0 Å². The summed E-state index contributed by atoms with van der Waals surface area (Å²) in [5.41, 5.74) is 0.610. The van der Waals surface area contributed by atoms with E-state index < -0.39 is 0 Å². The predicted molar refractivity (Wildman–Crippen MR) is 65.0 cm³/mol. The van der Waals surface area contributed by atoms with E-state index in [-0.39, 0.29) is 5.78 Å². The highest BCUT2D eigenvalue weighted by molar-refractivity contribution is 5.94. The van der Waals surface area contributed by atoms with Gasteiger partial charge in [-0.2, -0.15) is 0 Å². The molecule has 0 radical (unpaired) electrons. The highest BCUT2D eigenvalue weighted by atomic mass is 16.5. The molecule has 0 bridgehead atoms. The van der Waals surface area contributed by atoms with Crippen molar-refractivity contribution in [2.75, 3.05) is 26.9 Å². The van der Waals surface area contributed by atoms with Crippen molar-refractivity contribution in [2.24, 2.45) is 0 Å². The number of hydrogen-bond donors (Lipinski definition) is 0. The van der Waals surface area contributed by atoms with Crippen LogP contribution in [0.1, 0.15) is 24.2 Å². The van der Waals surface area contributed by atoms with Crippen LogP contribution in [0.4, 0.5) is 0 Å².